The molecule has 0 saturated heterocycles. The van der Waals surface area contributed by atoms with Crippen LogP contribution in [0, 0.1) is 5.82 Å². The van der Waals surface area contributed by atoms with E-state index in [1.165, 1.54) is 0 Å². The quantitative estimate of drug-likeness (QED) is 0.703. The number of hydrogen-bond acceptors (Lipinski definition) is 3. The fourth-order valence-corrected chi connectivity index (χ4v) is 3.35. The van der Waals surface area contributed by atoms with Crippen LogP contribution in [-0.4, -0.2) is 9.55 Å². The molecule has 0 amide bonds. The summed E-state index contributed by atoms with van der Waals surface area (Å²) in [4.78, 5) is 4.75. The molecule has 1 aliphatic heterocycles. The molecule has 4 nitrogen and oxygen atoms in total. The Bertz CT molecular complexity index is 1140. The molecule has 1 aliphatic rings. The second kappa shape index (κ2) is 6.76. The summed E-state index contributed by atoms with van der Waals surface area (Å²) in [6.07, 6.45) is 3.28. The van der Waals surface area contributed by atoms with Gasteiger partial charge in [0.1, 0.15) is 0 Å². The number of aromatic nitrogens is 2. The summed E-state index contributed by atoms with van der Waals surface area (Å²) in [5, 5.41) is 4.20. The standard InChI is InChI=1S/C22H21FN4/c1-3-18-14(2)27-13-20(16-10-7-11-17(24)21(16)23)25-19(22(27)26-18)12-15-8-5-4-6-9-15/h4-11,13,25H,2-3,12,24H2,1H3. The van der Waals surface area contributed by atoms with Crippen molar-refractivity contribution < 1.29 is 4.39 Å². The van der Waals surface area contributed by atoms with Crippen LogP contribution in [0.5, 0.6) is 0 Å². The van der Waals surface area contributed by atoms with Gasteiger partial charge in [0.2, 0.25) is 0 Å². The zero-order valence-electron chi connectivity index (χ0n) is 15.2. The summed E-state index contributed by atoms with van der Waals surface area (Å²) in [6.45, 7) is 6.22. The predicted octanol–water partition coefficient (Wildman–Crippen LogP) is 2.49. The van der Waals surface area contributed by atoms with Crippen molar-refractivity contribution in [3.8, 4) is 0 Å². The van der Waals surface area contributed by atoms with Gasteiger partial charge in [-0.1, -0.05) is 49.9 Å². The minimum Gasteiger partial charge on any atom is -0.396 e. The highest BCUT2D eigenvalue weighted by Gasteiger charge is 2.19. The number of nitrogens with two attached hydrogens (primary N) is 1. The van der Waals surface area contributed by atoms with Crippen molar-refractivity contribution in [1.29, 1.82) is 0 Å². The van der Waals surface area contributed by atoms with Crippen molar-refractivity contribution in [2.24, 2.45) is 0 Å². The number of halogens is 1. The Kier molecular flexibility index (Phi) is 4.28. The third-order valence-corrected chi connectivity index (χ3v) is 4.78. The van der Waals surface area contributed by atoms with Crippen LogP contribution in [0.3, 0.4) is 0 Å². The number of fused-ring (bicyclic) bond motifs is 1. The maximum Gasteiger partial charge on any atom is 0.157 e. The number of nitrogens with one attached hydrogen (secondary N) is 1. The molecule has 0 fully saturated rings. The molecule has 2 heterocycles. The van der Waals surface area contributed by atoms with Crippen LogP contribution < -0.4 is 21.9 Å². The third-order valence-electron chi connectivity index (χ3n) is 4.78. The second-order valence-corrected chi connectivity index (χ2v) is 6.57. The van der Waals surface area contributed by atoms with E-state index in [0.717, 1.165) is 34.2 Å². The van der Waals surface area contributed by atoms with Gasteiger partial charge in [0.25, 0.3) is 0 Å². The maximum atomic E-state index is 14.6. The molecule has 27 heavy (non-hydrogen) atoms. The number of hydrogen-bond donors (Lipinski definition) is 2. The Morgan fingerprint density at radius 1 is 1.15 bits per heavy atom. The van der Waals surface area contributed by atoms with Gasteiger partial charge < -0.3 is 11.1 Å². The van der Waals surface area contributed by atoms with Crippen molar-refractivity contribution >= 4 is 29.9 Å². The molecule has 0 unspecified atom stereocenters. The van der Waals surface area contributed by atoms with Gasteiger partial charge in [0, 0.05) is 18.2 Å². The van der Waals surface area contributed by atoms with Gasteiger partial charge >= 0.3 is 0 Å². The third kappa shape index (κ3) is 3.01. The molecule has 4 rings (SSSR count). The summed E-state index contributed by atoms with van der Waals surface area (Å²) in [7, 11) is 0. The summed E-state index contributed by atoms with van der Waals surface area (Å²) < 4.78 is 16.6. The average Bonchev–Trinajstić information content (AvgIpc) is 3.01. The minimum absolute atomic E-state index is 0.125. The highest BCUT2D eigenvalue weighted by atomic mass is 19.1. The Morgan fingerprint density at radius 3 is 2.67 bits per heavy atom. The lowest BCUT2D eigenvalue weighted by molar-refractivity contribution is 0.627. The molecular weight excluding hydrogens is 339 g/mol. The van der Waals surface area contributed by atoms with Gasteiger partial charge in [-0.2, -0.15) is 0 Å². The van der Waals surface area contributed by atoms with E-state index in [-0.39, 0.29) is 5.69 Å². The van der Waals surface area contributed by atoms with Crippen LogP contribution in [0.25, 0.3) is 24.2 Å². The smallest absolute Gasteiger partial charge is 0.157 e. The largest absolute Gasteiger partial charge is 0.396 e. The van der Waals surface area contributed by atoms with E-state index < -0.39 is 5.82 Å². The van der Waals surface area contributed by atoms with E-state index in [0.29, 0.717) is 17.7 Å². The molecule has 1 aromatic heterocycles. The molecule has 0 saturated carbocycles. The van der Waals surface area contributed by atoms with Crippen LogP contribution in [0.4, 0.5) is 10.1 Å². The number of imidazole rings is 1. The fraction of sp³-hybridized carbons (Fsp3) is 0.136. The number of rotatable bonds is 4. The molecule has 0 spiro atoms. The topological polar surface area (TPSA) is 55.9 Å². The van der Waals surface area contributed by atoms with Crippen LogP contribution in [0.15, 0.2) is 48.5 Å². The van der Waals surface area contributed by atoms with Crippen molar-refractivity contribution in [3.05, 3.63) is 82.0 Å². The van der Waals surface area contributed by atoms with Crippen LogP contribution in [0.2, 0.25) is 0 Å². The van der Waals surface area contributed by atoms with E-state index >= 15 is 0 Å². The van der Waals surface area contributed by atoms with Gasteiger partial charge in [-0.15, -0.1) is 0 Å². The zero-order valence-corrected chi connectivity index (χ0v) is 15.2. The fourth-order valence-electron chi connectivity index (χ4n) is 3.35. The van der Waals surface area contributed by atoms with E-state index in [1.54, 1.807) is 18.2 Å². The van der Waals surface area contributed by atoms with E-state index in [4.69, 9.17) is 10.7 Å². The normalized spacial score (nSPS) is 13.1. The van der Waals surface area contributed by atoms with Gasteiger partial charge in [0.15, 0.2) is 11.3 Å². The first kappa shape index (κ1) is 17.1. The second-order valence-electron chi connectivity index (χ2n) is 6.57. The number of benzene rings is 2. The van der Waals surface area contributed by atoms with Gasteiger partial charge in [-0.3, -0.25) is 4.57 Å². The molecule has 0 bridgehead atoms. The van der Waals surface area contributed by atoms with Crippen LogP contribution >= 0.6 is 0 Å². The first-order chi connectivity index (χ1) is 13.1. The Morgan fingerprint density at radius 2 is 1.93 bits per heavy atom. The summed E-state index contributed by atoms with van der Waals surface area (Å²) in [5.74, 6) is -0.430. The maximum absolute atomic E-state index is 14.6. The zero-order chi connectivity index (χ0) is 19.0. The number of nitrogen functional groups attached to an aromatic ring is 1. The SMILES string of the molecule is C=c1c(CC)nc2n1C=C(c1cccc(N)c1F)NC=2Cc1ccccc1. The number of nitrogens with zero attached hydrogens (tertiary/aromatic N) is 2. The molecule has 0 radical (unpaired) electrons. The number of anilines is 1. The molecule has 0 atom stereocenters. The van der Waals surface area contributed by atoms with Crippen molar-refractivity contribution in [2.45, 2.75) is 19.8 Å². The molecular formula is C22H21FN4. The van der Waals surface area contributed by atoms with Gasteiger partial charge in [-0.05, 0) is 24.1 Å². The first-order valence-electron chi connectivity index (χ1n) is 8.94. The predicted molar refractivity (Wildman–Crippen MR) is 108 cm³/mol. The summed E-state index contributed by atoms with van der Waals surface area (Å²) in [5.41, 5.74) is 10.8. The number of aryl methyl sites for hydroxylation is 1. The molecule has 2 aromatic carbocycles. The van der Waals surface area contributed by atoms with Crippen molar-refractivity contribution in [1.82, 2.24) is 14.9 Å². The van der Waals surface area contributed by atoms with Crippen LogP contribution in [-0.2, 0) is 12.8 Å². The Hall–Kier alpha value is -3.34. The van der Waals surface area contributed by atoms with Gasteiger partial charge in [0.05, 0.1) is 28.1 Å². The van der Waals surface area contributed by atoms with Crippen LogP contribution in [0.1, 0.15) is 23.7 Å². The minimum atomic E-state index is -0.430. The highest BCUT2D eigenvalue weighted by molar-refractivity contribution is 5.82. The first-order valence-corrected chi connectivity index (χ1v) is 8.94. The monoisotopic (exact) mass is 360 g/mol. The lowest BCUT2D eigenvalue weighted by Gasteiger charge is -2.20. The Balaban J connectivity index is 1.88. The van der Waals surface area contributed by atoms with E-state index in [9.17, 15) is 4.39 Å². The molecule has 3 aromatic rings. The van der Waals surface area contributed by atoms with Crippen molar-refractivity contribution in [2.75, 3.05) is 5.73 Å². The van der Waals surface area contributed by atoms with E-state index in [2.05, 4.69) is 31.0 Å². The summed E-state index contributed by atoms with van der Waals surface area (Å²) >= 11 is 0. The summed E-state index contributed by atoms with van der Waals surface area (Å²) in [6, 6.07) is 15.1. The van der Waals surface area contributed by atoms with Gasteiger partial charge in [-0.25, -0.2) is 9.37 Å². The average molecular weight is 360 g/mol. The van der Waals surface area contributed by atoms with Crippen molar-refractivity contribution in [3.63, 3.8) is 0 Å². The van der Waals surface area contributed by atoms with E-state index in [1.807, 2.05) is 29.0 Å². The highest BCUT2D eigenvalue weighted by Crippen LogP contribution is 2.24. The lowest BCUT2D eigenvalue weighted by Crippen LogP contribution is -2.35. The molecule has 0 aliphatic carbocycles. The molecule has 136 valence electrons. The molecule has 3 N–H and O–H groups in total. The Labute approximate surface area is 157 Å². The lowest BCUT2D eigenvalue weighted by atomic mass is 10.1. The molecule has 5 heteroatoms.